The zero-order chi connectivity index (χ0) is 12.6. The molecule has 0 aliphatic rings. The van der Waals surface area contributed by atoms with Gasteiger partial charge in [0.1, 0.15) is 0 Å². The van der Waals surface area contributed by atoms with E-state index >= 15 is 0 Å². The molecule has 0 fully saturated rings. The van der Waals surface area contributed by atoms with Crippen LogP contribution in [-0.2, 0) is 10.8 Å². The van der Waals surface area contributed by atoms with E-state index in [1.807, 2.05) is 0 Å². The smallest absolute Gasteiger partial charge is 0.249 e. The van der Waals surface area contributed by atoms with Crippen molar-refractivity contribution in [2.75, 3.05) is 6.26 Å². The quantitative estimate of drug-likeness (QED) is 0.734. The number of hydrogen-bond acceptors (Lipinski definition) is 2. The van der Waals surface area contributed by atoms with Gasteiger partial charge in [0, 0.05) is 6.26 Å². The van der Waals surface area contributed by atoms with Crippen LogP contribution in [0.1, 0.15) is 15.8 Å². The highest BCUT2D eigenvalue weighted by atomic mass is 32.2. The first-order valence-corrected chi connectivity index (χ1v) is 4.58. The monoisotopic (exact) mass is 187 g/mol. The Balaban J connectivity index is 3.83. The molecule has 1 aromatic carbocycles. The van der Waals surface area contributed by atoms with Crippen LogP contribution in [0.25, 0.3) is 0 Å². The van der Waals surface area contributed by atoms with Gasteiger partial charge in [0.15, 0.2) is 0 Å². The predicted molar refractivity (Wildman–Crippen MR) is 47.3 cm³/mol. The molecule has 4 heteroatoms. The molecule has 1 aromatic rings. The van der Waals surface area contributed by atoms with Gasteiger partial charge >= 0.3 is 0 Å². The van der Waals surface area contributed by atoms with Crippen molar-refractivity contribution >= 4 is 16.7 Å². The van der Waals surface area contributed by atoms with E-state index in [1.54, 1.807) is 0 Å². The highest BCUT2D eigenvalue weighted by molar-refractivity contribution is 7.84. The van der Waals surface area contributed by atoms with E-state index in [0.29, 0.717) is 0 Å². The number of primary amides is 1. The summed E-state index contributed by atoms with van der Waals surface area (Å²) >= 11 is 0. The average molecular weight is 187 g/mol. The third-order valence-corrected chi connectivity index (χ3v) is 2.07. The van der Waals surface area contributed by atoms with Crippen molar-refractivity contribution < 1.29 is 14.5 Å². The highest BCUT2D eigenvalue weighted by Crippen LogP contribution is 2.10. The molecule has 1 rings (SSSR count). The molecule has 0 aromatic heterocycles. The molecule has 0 saturated carbocycles. The molecule has 0 heterocycles. The number of nitrogens with two attached hydrogens (primary N) is 1. The molecule has 0 aliphatic heterocycles. The molecule has 1 amide bonds. The Morgan fingerprint density at radius 3 is 2.67 bits per heavy atom. The van der Waals surface area contributed by atoms with E-state index in [9.17, 15) is 9.00 Å². The molecular formula is C8H9NO2S. The SMILES string of the molecule is [2H]c1c([2H])c([2H])c(S(C)=O)c(C(N)=O)c1[2H]. The fraction of sp³-hybridized carbons (Fsp3) is 0.125. The van der Waals surface area contributed by atoms with E-state index in [2.05, 4.69) is 0 Å². The second-order valence-corrected chi connectivity index (χ2v) is 3.34. The number of amides is 1. The van der Waals surface area contributed by atoms with Crippen molar-refractivity contribution in [3.8, 4) is 0 Å². The maximum atomic E-state index is 11.4. The Kier molecular flexibility index (Phi) is 1.39. The molecule has 64 valence electrons. The van der Waals surface area contributed by atoms with Gasteiger partial charge in [-0.2, -0.15) is 0 Å². The second-order valence-electron chi connectivity index (χ2n) is 2.02. The van der Waals surface area contributed by atoms with Crippen LogP contribution in [0, 0.1) is 0 Å². The van der Waals surface area contributed by atoms with Crippen LogP contribution in [0.3, 0.4) is 0 Å². The van der Waals surface area contributed by atoms with E-state index in [4.69, 9.17) is 11.2 Å². The topological polar surface area (TPSA) is 60.2 Å². The number of rotatable bonds is 2. The largest absolute Gasteiger partial charge is 0.366 e. The number of benzene rings is 1. The zero-order valence-corrected chi connectivity index (χ0v) is 7.12. The van der Waals surface area contributed by atoms with E-state index < -0.39 is 46.4 Å². The summed E-state index contributed by atoms with van der Waals surface area (Å²) in [5.74, 6) is -1.02. The number of carbonyl (C=O) groups excluding carboxylic acids is 1. The lowest BCUT2D eigenvalue weighted by molar-refractivity contribution is 0.0997. The summed E-state index contributed by atoms with van der Waals surface area (Å²) in [7, 11) is -1.71. The normalized spacial score (nSPS) is 17.1. The first-order valence-electron chi connectivity index (χ1n) is 5.02. The number of carbonyl (C=O) groups is 1. The Morgan fingerprint density at radius 1 is 1.58 bits per heavy atom. The van der Waals surface area contributed by atoms with Gasteiger partial charge in [-0.15, -0.1) is 0 Å². The van der Waals surface area contributed by atoms with Gasteiger partial charge in [0.25, 0.3) is 0 Å². The molecule has 0 radical (unpaired) electrons. The Labute approximate surface area is 78.7 Å². The van der Waals surface area contributed by atoms with Crippen LogP contribution >= 0.6 is 0 Å². The Bertz CT molecular complexity index is 459. The van der Waals surface area contributed by atoms with E-state index in [0.717, 1.165) is 0 Å². The second kappa shape index (κ2) is 3.49. The third kappa shape index (κ3) is 1.71. The summed E-state index contributed by atoms with van der Waals surface area (Å²) in [6.07, 6.45) is 1.22. The van der Waals surface area contributed by atoms with Crippen LogP contribution in [-0.4, -0.2) is 16.4 Å². The van der Waals surface area contributed by atoms with Gasteiger partial charge in [-0.05, 0) is 12.1 Å². The maximum Gasteiger partial charge on any atom is 0.249 e. The first kappa shape index (κ1) is 4.77. The summed E-state index contributed by atoms with van der Waals surface area (Å²) in [6, 6.07) is -2.14. The lowest BCUT2D eigenvalue weighted by Gasteiger charge is -2.01. The molecule has 12 heavy (non-hydrogen) atoms. The molecular weight excluding hydrogens is 174 g/mol. The average Bonchev–Trinajstić information content (AvgIpc) is 2.18. The zero-order valence-electron chi connectivity index (χ0n) is 10.3. The van der Waals surface area contributed by atoms with Crippen molar-refractivity contribution in [2.24, 2.45) is 5.73 Å². The van der Waals surface area contributed by atoms with Crippen LogP contribution in [0.15, 0.2) is 29.1 Å². The van der Waals surface area contributed by atoms with Crippen LogP contribution < -0.4 is 5.73 Å². The van der Waals surface area contributed by atoms with Gasteiger partial charge in [0.2, 0.25) is 5.91 Å². The summed E-state index contributed by atoms with van der Waals surface area (Å²) in [5, 5.41) is 0. The third-order valence-electron chi connectivity index (χ3n) is 1.19. The van der Waals surface area contributed by atoms with Gasteiger partial charge in [-0.25, -0.2) is 0 Å². The van der Waals surface area contributed by atoms with Crippen LogP contribution in [0.5, 0.6) is 0 Å². The molecule has 0 spiro atoms. The predicted octanol–water partition coefficient (Wildman–Crippen LogP) is 0.523. The van der Waals surface area contributed by atoms with Gasteiger partial charge < -0.3 is 5.73 Å². The minimum absolute atomic E-state index is 0.251. The summed E-state index contributed by atoms with van der Waals surface area (Å²) in [5.41, 5.74) is 4.61. The highest BCUT2D eigenvalue weighted by Gasteiger charge is 2.08. The minimum atomic E-state index is -1.71. The van der Waals surface area contributed by atoms with Crippen molar-refractivity contribution in [3.05, 3.63) is 29.7 Å². The minimum Gasteiger partial charge on any atom is -0.366 e. The molecule has 0 bridgehead atoms. The van der Waals surface area contributed by atoms with Crippen molar-refractivity contribution in [2.45, 2.75) is 4.90 Å². The fourth-order valence-corrected chi connectivity index (χ4v) is 1.32. The van der Waals surface area contributed by atoms with E-state index in [1.165, 1.54) is 6.26 Å². The summed E-state index contributed by atoms with van der Waals surface area (Å²) < 4.78 is 41.1. The Morgan fingerprint density at radius 2 is 2.17 bits per heavy atom. The van der Waals surface area contributed by atoms with Gasteiger partial charge in [-0.1, -0.05) is 12.1 Å². The van der Waals surface area contributed by atoms with E-state index in [-0.39, 0.29) is 4.90 Å². The molecule has 3 nitrogen and oxygen atoms in total. The lowest BCUT2D eigenvalue weighted by atomic mass is 10.2. The van der Waals surface area contributed by atoms with Gasteiger partial charge in [0.05, 0.1) is 26.7 Å². The van der Waals surface area contributed by atoms with Crippen LogP contribution in [0.4, 0.5) is 0 Å². The van der Waals surface area contributed by atoms with Crippen molar-refractivity contribution in [1.29, 1.82) is 0 Å². The summed E-state index contributed by atoms with van der Waals surface area (Å²) in [4.78, 5) is 10.9. The van der Waals surface area contributed by atoms with Crippen molar-refractivity contribution in [1.82, 2.24) is 0 Å². The summed E-state index contributed by atoms with van der Waals surface area (Å²) in [6.45, 7) is 0. The Hall–Kier alpha value is -1.16. The first-order chi connectivity index (χ1) is 7.29. The maximum absolute atomic E-state index is 11.4. The molecule has 2 N–H and O–H groups in total. The molecule has 0 aliphatic carbocycles. The lowest BCUT2D eigenvalue weighted by Crippen LogP contribution is -2.13. The van der Waals surface area contributed by atoms with Gasteiger partial charge in [-0.3, -0.25) is 9.00 Å². The number of hydrogen-bond donors (Lipinski definition) is 1. The fourth-order valence-electron chi connectivity index (χ4n) is 0.690. The standard InChI is InChI=1S/C8H9NO2S/c1-12(11)7-5-3-2-4-6(7)8(9)10/h2-5H,1H3,(H2,9,10)/i2D,3D,4D,5D. The van der Waals surface area contributed by atoms with Crippen molar-refractivity contribution in [3.63, 3.8) is 0 Å². The van der Waals surface area contributed by atoms with Crippen LogP contribution in [0.2, 0.25) is 0 Å². The molecule has 1 atom stereocenters. The molecule has 1 unspecified atom stereocenters. The molecule has 0 saturated heterocycles.